The van der Waals surface area contributed by atoms with E-state index in [0.717, 1.165) is 23.7 Å². The summed E-state index contributed by atoms with van der Waals surface area (Å²) in [6.45, 7) is 3.77. The molecule has 0 aromatic carbocycles. The molecule has 1 aromatic rings. The smallest absolute Gasteiger partial charge is 0.106 e. The van der Waals surface area contributed by atoms with Crippen LogP contribution in [0.25, 0.3) is 0 Å². The second-order valence-corrected chi connectivity index (χ2v) is 5.46. The number of rotatable bonds is 7. The summed E-state index contributed by atoms with van der Waals surface area (Å²) < 4.78 is 5.22. The molecule has 1 aliphatic rings. The summed E-state index contributed by atoms with van der Waals surface area (Å²) in [5.74, 6) is 0.760. The van der Waals surface area contributed by atoms with E-state index in [9.17, 15) is 0 Å². The lowest BCUT2D eigenvalue weighted by Gasteiger charge is -2.32. The average molecular weight is 279 g/mol. The third-order valence-corrected chi connectivity index (χ3v) is 3.93. The molecular weight excluding hydrogens is 258 g/mol. The van der Waals surface area contributed by atoms with Gasteiger partial charge in [-0.25, -0.2) is 0 Å². The molecule has 1 saturated carbocycles. The van der Waals surface area contributed by atoms with Crippen LogP contribution in [0.15, 0.2) is 18.5 Å². The number of nitrogens with two attached hydrogens (primary N) is 1. The monoisotopic (exact) mass is 279 g/mol. The van der Waals surface area contributed by atoms with Gasteiger partial charge in [-0.1, -0.05) is 12.2 Å². The van der Waals surface area contributed by atoms with E-state index in [1.165, 1.54) is 12.8 Å². The first-order valence-corrected chi connectivity index (χ1v) is 7.05. The zero-order valence-electron chi connectivity index (χ0n) is 11.5. The zero-order chi connectivity index (χ0) is 13.8. The Morgan fingerprint density at radius 1 is 1.63 bits per heavy atom. The van der Waals surface area contributed by atoms with Crippen molar-refractivity contribution in [3.8, 4) is 0 Å². The summed E-state index contributed by atoms with van der Waals surface area (Å²) in [7, 11) is 1.72. The maximum absolute atomic E-state index is 5.82. The van der Waals surface area contributed by atoms with E-state index in [1.54, 1.807) is 13.3 Å². The van der Waals surface area contributed by atoms with Gasteiger partial charge in [-0.15, -0.1) is 0 Å². The fourth-order valence-electron chi connectivity index (χ4n) is 2.39. The third kappa shape index (κ3) is 3.42. The van der Waals surface area contributed by atoms with Crippen molar-refractivity contribution in [1.29, 1.82) is 0 Å². The fourth-order valence-corrected chi connectivity index (χ4v) is 2.56. The maximum Gasteiger partial charge on any atom is 0.106 e. The lowest BCUT2D eigenvalue weighted by Crippen LogP contribution is -2.38. The van der Waals surface area contributed by atoms with Gasteiger partial charge in [0, 0.05) is 31.5 Å². The molecule has 0 aliphatic heterocycles. The molecule has 2 N–H and O–H groups in total. The normalized spacial score (nSPS) is 16.1. The summed E-state index contributed by atoms with van der Waals surface area (Å²) in [6.07, 6.45) is 6.18. The summed E-state index contributed by atoms with van der Waals surface area (Å²) in [4.78, 5) is 6.96. The Hall–Kier alpha value is -1.20. The van der Waals surface area contributed by atoms with E-state index in [-0.39, 0.29) is 0 Å². The lowest BCUT2D eigenvalue weighted by atomic mass is 10.1. The van der Waals surface area contributed by atoms with Crippen molar-refractivity contribution in [3.63, 3.8) is 0 Å². The highest BCUT2D eigenvalue weighted by atomic mass is 32.1. The van der Waals surface area contributed by atoms with Gasteiger partial charge in [-0.05, 0) is 31.7 Å². The molecule has 0 saturated heterocycles. The minimum absolute atomic E-state index is 0.419. The van der Waals surface area contributed by atoms with Crippen LogP contribution in [-0.4, -0.2) is 36.3 Å². The van der Waals surface area contributed by atoms with E-state index in [2.05, 4.69) is 16.8 Å². The zero-order valence-corrected chi connectivity index (χ0v) is 12.3. The van der Waals surface area contributed by atoms with Gasteiger partial charge < -0.3 is 15.4 Å². The molecular formula is C14H21N3OS. The largest absolute Gasteiger partial charge is 0.389 e. The first-order valence-electron chi connectivity index (χ1n) is 6.64. The summed E-state index contributed by atoms with van der Waals surface area (Å²) in [5.41, 5.74) is 7.74. The predicted molar refractivity (Wildman–Crippen MR) is 81.5 cm³/mol. The summed E-state index contributed by atoms with van der Waals surface area (Å²) in [5, 5.41) is 0. The molecule has 2 rings (SSSR count). The predicted octanol–water partition coefficient (Wildman–Crippen LogP) is 1.97. The number of anilines is 1. The van der Waals surface area contributed by atoms with Crippen LogP contribution in [0.4, 0.5) is 5.69 Å². The lowest BCUT2D eigenvalue weighted by molar-refractivity contribution is 0.202. The minimum Gasteiger partial charge on any atom is -0.389 e. The average Bonchev–Trinajstić information content (AvgIpc) is 3.23. The molecule has 0 bridgehead atoms. The molecule has 1 unspecified atom stereocenters. The Morgan fingerprint density at radius 2 is 2.37 bits per heavy atom. The molecule has 0 radical (unpaired) electrons. The molecule has 104 valence electrons. The van der Waals surface area contributed by atoms with Crippen molar-refractivity contribution >= 4 is 22.9 Å². The number of aromatic nitrogens is 1. The van der Waals surface area contributed by atoms with E-state index in [0.29, 0.717) is 17.6 Å². The number of nitrogens with zero attached hydrogens (tertiary/aromatic N) is 2. The van der Waals surface area contributed by atoms with Crippen LogP contribution in [-0.2, 0) is 4.74 Å². The first-order chi connectivity index (χ1) is 9.15. The van der Waals surface area contributed by atoms with Crippen LogP contribution in [0.2, 0.25) is 0 Å². The first kappa shape index (κ1) is 14.2. The number of pyridine rings is 1. The Balaban J connectivity index is 2.28. The Labute approximate surface area is 120 Å². The van der Waals surface area contributed by atoms with E-state index in [4.69, 9.17) is 22.7 Å². The molecule has 1 aliphatic carbocycles. The fraction of sp³-hybridized carbons (Fsp3) is 0.571. The molecule has 1 heterocycles. The van der Waals surface area contributed by atoms with Crippen molar-refractivity contribution in [2.24, 2.45) is 11.7 Å². The van der Waals surface area contributed by atoms with Gasteiger partial charge >= 0.3 is 0 Å². The molecule has 5 heteroatoms. The van der Waals surface area contributed by atoms with Crippen LogP contribution < -0.4 is 10.6 Å². The van der Waals surface area contributed by atoms with Gasteiger partial charge in [0.05, 0.1) is 18.5 Å². The molecule has 0 spiro atoms. The summed E-state index contributed by atoms with van der Waals surface area (Å²) in [6, 6.07) is 2.35. The van der Waals surface area contributed by atoms with Gasteiger partial charge in [0.2, 0.25) is 0 Å². The van der Waals surface area contributed by atoms with Gasteiger partial charge in [-0.3, -0.25) is 4.98 Å². The van der Waals surface area contributed by atoms with Crippen LogP contribution in [0.3, 0.4) is 0 Å². The van der Waals surface area contributed by atoms with Crippen molar-refractivity contribution < 1.29 is 4.74 Å². The second kappa shape index (κ2) is 6.30. The standard InChI is InChI=1S/C14H21N3OS/c1-10(11-3-4-11)17(7-8-18-2)13-9-16-6-5-12(13)14(15)19/h5-6,9-11H,3-4,7-8H2,1-2H3,(H2,15,19). The quantitative estimate of drug-likeness (QED) is 0.773. The van der Waals surface area contributed by atoms with Gasteiger partial charge in [0.1, 0.15) is 4.99 Å². The van der Waals surface area contributed by atoms with Crippen molar-refractivity contribution in [3.05, 3.63) is 24.0 Å². The Morgan fingerprint density at radius 3 is 2.95 bits per heavy atom. The topological polar surface area (TPSA) is 51.4 Å². The number of hydrogen-bond donors (Lipinski definition) is 1. The minimum atomic E-state index is 0.419. The molecule has 1 aromatic heterocycles. The van der Waals surface area contributed by atoms with E-state index in [1.807, 2.05) is 12.3 Å². The molecule has 0 amide bonds. The summed E-state index contributed by atoms with van der Waals surface area (Å²) >= 11 is 5.14. The van der Waals surface area contributed by atoms with Gasteiger partial charge in [0.15, 0.2) is 0 Å². The van der Waals surface area contributed by atoms with Crippen molar-refractivity contribution in [2.75, 3.05) is 25.2 Å². The highest BCUT2D eigenvalue weighted by molar-refractivity contribution is 7.80. The van der Waals surface area contributed by atoms with Gasteiger partial charge in [-0.2, -0.15) is 0 Å². The highest BCUT2D eigenvalue weighted by Gasteiger charge is 2.33. The number of methoxy groups -OCH3 is 1. The van der Waals surface area contributed by atoms with Gasteiger partial charge in [0.25, 0.3) is 0 Å². The van der Waals surface area contributed by atoms with Crippen LogP contribution in [0.1, 0.15) is 25.3 Å². The Kier molecular flexibility index (Phi) is 4.71. The molecule has 19 heavy (non-hydrogen) atoms. The molecule has 1 fully saturated rings. The second-order valence-electron chi connectivity index (χ2n) is 5.02. The molecule has 1 atom stereocenters. The molecule has 4 nitrogen and oxygen atoms in total. The van der Waals surface area contributed by atoms with Crippen molar-refractivity contribution in [2.45, 2.75) is 25.8 Å². The highest BCUT2D eigenvalue weighted by Crippen LogP contribution is 2.37. The van der Waals surface area contributed by atoms with Crippen LogP contribution >= 0.6 is 12.2 Å². The van der Waals surface area contributed by atoms with E-state index < -0.39 is 0 Å². The van der Waals surface area contributed by atoms with E-state index >= 15 is 0 Å². The number of thiocarbonyl (C=S) groups is 1. The third-order valence-electron chi connectivity index (χ3n) is 3.71. The van der Waals surface area contributed by atoms with Crippen molar-refractivity contribution in [1.82, 2.24) is 4.98 Å². The van der Waals surface area contributed by atoms with Crippen LogP contribution in [0, 0.1) is 5.92 Å². The van der Waals surface area contributed by atoms with Crippen LogP contribution in [0.5, 0.6) is 0 Å². The Bertz CT molecular complexity index is 448. The maximum atomic E-state index is 5.82. The SMILES string of the molecule is COCCN(c1cnccc1C(N)=S)C(C)C1CC1. The number of ether oxygens (including phenoxy) is 1. The number of hydrogen-bond acceptors (Lipinski definition) is 4.